The third-order valence-electron chi connectivity index (χ3n) is 3.18. The predicted molar refractivity (Wildman–Crippen MR) is 86.8 cm³/mol. The van der Waals surface area contributed by atoms with Gasteiger partial charge in [-0.05, 0) is 24.6 Å². The van der Waals surface area contributed by atoms with E-state index in [9.17, 15) is 4.79 Å². The van der Waals surface area contributed by atoms with E-state index in [4.69, 9.17) is 9.47 Å². The molecule has 1 aromatic carbocycles. The highest BCUT2D eigenvalue weighted by Crippen LogP contribution is 2.27. The van der Waals surface area contributed by atoms with Crippen LogP contribution >= 0.6 is 11.3 Å². The van der Waals surface area contributed by atoms with Crippen molar-refractivity contribution in [3.63, 3.8) is 0 Å². The second kappa shape index (κ2) is 7.79. The summed E-state index contributed by atoms with van der Waals surface area (Å²) >= 11 is 1.62. The fraction of sp³-hybridized carbons (Fsp3) is 0.375. The SMILES string of the molecule is COc1ccc(CC(=O)NCCc2csc(C)n2)cc1OC. The van der Waals surface area contributed by atoms with Crippen molar-refractivity contribution < 1.29 is 14.3 Å². The number of nitrogens with zero attached hydrogens (tertiary/aromatic N) is 1. The van der Waals surface area contributed by atoms with Gasteiger partial charge in [-0.15, -0.1) is 11.3 Å². The molecule has 2 rings (SSSR count). The van der Waals surface area contributed by atoms with E-state index >= 15 is 0 Å². The summed E-state index contributed by atoms with van der Waals surface area (Å²) in [5.41, 5.74) is 1.91. The monoisotopic (exact) mass is 320 g/mol. The van der Waals surface area contributed by atoms with Gasteiger partial charge in [0.1, 0.15) is 0 Å². The predicted octanol–water partition coefficient (Wildman–Crippen LogP) is 2.37. The molecule has 0 atom stereocenters. The second-order valence-electron chi connectivity index (χ2n) is 4.82. The van der Waals surface area contributed by atoms with Crippen molar-refractivity contribution in [2.45, 2.75) is 19.8 Å². The number of aromatic nitrogens is 1. The number of methoxy groups -OCH3 is 2. The Bertz CT molecular complexity index is 640. The Balaban J connectivity index is 1.84. The van der Waals surface area contributed by atoms with Crippen LogP contribution in [-0.2, 0) is 17.6 Å². The summed E-state index contributed by atoms with van der Waals surface area (Å²) in [6.45, 7) is 2.57. The van der Waals surface area contributed by atoms with E-state index in [1.54, 1.807) is 31.6 Å². The third kappa shape index (κ3) is 4.46. The molecule has 5 nitrogen and oxygen atoms in total. The summed E-state index contributed by atoms with van der Waals surface area (Å²) < 4.78 is 10.4. The molecular formula is C16H20N2O3S. The minimum Gasteiger partial charge on any atom is -0.493 e. The average Bonchev–Trinajstić information content (AvgIpc) is 2.92. The molecule has 0 bridgehead atoms. The zero-order valence-corrected chi connectivity index (χ0v) is 13.8. The highest BCUT2D eigenvalue weighted by Gasteiger charge is 2.08. The molecule has 1 N–H and O–H groups in total. The minimum atomic E-state index is -0.0147. The van der Waals surface area contributed by atoms with E-state index in [1.807, 2.05) is 24.4 Å². The summed E-state index contributed by atoms with van der Waals surface area (Å²) in [6, 6.07) is 5.49. The number of benzene rings is 1. The maximum Gasteiger partial charge on any atom is 0.224 e. The lowest BCUT2D eigenvalue weighted by atomic mass is 10.1. The third-order valence-corrected chi connectivity index (χ3v) is 4.00. The first-order chi connectivity index (χ1) is 10.6. The fourth-order valence-electron chi connectivity index (χ4n) is 2.09. The Kier molecular flexibility index (Phi) is 5.77. The molecule has 0 aliphatic carbocycles. The van der Waals surface area contributed by atoms with Crippen molar-refractivity contribution in [2.75, 3.05) is 20.8 Å². The fourth-order valence-corrected chi connectivity index (χ4v) is 2.74. The van der Waals surface area contributed by atoms with Gasteiger partial charge in [0.2, 0.25) is 5.91 Å². The van der Waals surface area contributed by atoms with Crippen molar-refractivity contribution in [3.05, 3.63) is 39.8 Å². The largest absolute Gasteiger partial charge is 0.493 e. The lowest BCUT2D eigenvalue weighted by Gasteiger charge is -2.09. The second-order valence-corrected chi connectivity index (χ2v) is 5.89. The Morgan fingerprint density at radius 2 is 2.05 bits per heavy atom. The van der Waals surface area contributed by atoms with Crippen molar-refractivity contribution >= 4 is 17.2 Å². The van der Waals surface area contributed by atoms with E-state index < -0.39 is 0 Å². The van der Waals surface area contributed by atoms with Gasteiger partial charge in [0.05, 0.1) is 31.3 Å². The molecule has 6 heteroatoms. The first-order valence-electron chi connectivity index (χ1n) is 7.01. The minimum absolute atomic E-state index is 0.0147. The lowest BCUT2D eigenvalue weighted by Crippen LogP contribution is -2.27. The number of hydrogen-bond acceptors (Lipinski definition) is 5. The van der Waals surface area contributed by atoms with Gasteiger partial charge in [-0.1, -0.05) is 6.07 Å². The Morgan fingerprint density at radius 3 is 2.68 bits per heavy atom. The Labute approximate surface area is 134 Å². The van der Waals surface area contributed by atoms with Gasteiger partial charge in [0, 0.05) is 18.3 Å². The molecule has 0 aliphatic rings. The first kappa shape index (κ1) is 16.3. The first-order valence-corrected chi connectivity index (χ1v) is 7.89. The molecule has 0 unspecified atom stereocenters. The molecule has 1 amide bonds. The van der Waals surface area contributed by atoms with Gasteiger partial charge in [-0.3, -0.25) is 4.79 Å². The normalized spacial score (nSPS) is 10.3. The number of rotatable bonds is 7. The van der Waals surface area contributed by atoms with E-state index in [0.717, 1.165) is 22.7 Å². The molecule has 1 aromatic heterocycles. The van der Waals surface area contributed by atoms with E-state index in [1.165, 1.54) is 0 Å². The topological polar surface area (TPSA) is 60.5 Å². The van der Waals surface area contributed by atoms with Crippen molar-refractivity contribution in [1.82, 2.24) is 10.3 Å². The van der Waals surface area contributed by atoms with Crippen LogP contribution in [0.3, 0.4) is 0 Å². The van der Waals surface area contributed by atoms with Crippen LogP contribution in [0.2, 0.25) is 0 Å². The standard InChI is InChI=1S/C16H20N2O3S/c1-11-18-13(10-22-11)6-7-17-16(19)9-12-4-5-14(20-2)15(8-12)21-3/h4-5,8,10H,6-7,9H2,1-3H3,(H,17,19). The zero-order valence-electron chi connectivity index (χ0n) is 13.0. The number of nitrogens with one attached hydrogen (secondary N) is 1. The number of thiazole rings is 1. The van der Waals surface area contributed by atoms with E-state index in [0.29, 0.717) is 24.5 Å². The lowest BCUT2D eigenvalue weighted by molar-refractivity contribution is -0.120. The molecule has 118 valence electrons. The van der Waals surface area contributed by atoms with Gasteiger partial charge >= 0.3 is 0 Å². The Hall–Kier alpha value is -2.08. The van der Waals surface area contributed by atoms with Crippen molar-refractivity contribution in [3.8, 4) is 11.5 Å². The maximum absolute atomic E-state index is 12.0. The van der Waals surface area contributed by atoms with Crippen molar-refractivity contribution in [2.24, 2.45) is 0 Å². The van der Waals surface area contributed by atoms with Crippen molar-refractivity contribution in [1.29, 1.82) is 0 Å². The number of hydrogen-bond donors (Lipinski definition) is 1. The van der Waals surface area contributed by atoms with Crippen LogP contribution in [0.25, 0.3) is 0 Å². The van der Waals surface area contributed by atoms with Gasteiger partial charge < -0.3 is 14.8 Å². The van der Waals surface area contributed by atoms with Crippen LogP contribution in [0.15, 0.2) is 23.6 Å². The quantitative estimate of drug-likeness (QED) is 0.851. The van der Waals surface area contributed by atoms with Crippen LogP contribution in [0.4, 0.5) is 0 Å². The van der Waals surface area contributed by atoms with E-state index in [-0.39, 0.29) is 5.91 Å². The molecule has 0 spiro atoms. The zero-order chi connectivity index (χ0) is 15.9. The number of ether oxygens (including phenoxy) is 2. The van der Waals surface area contributed by atoms with Crippen LogP contribution < -0.4 is 14.8 Å². The van der Waals surface area contributed by atoms with Crippen LogP contribution in [-0.4, -0.2) is 31.7 Å². The van der Waals surface area contributed by atoms with Crippen LogP contribution in [0.1, 0.15) is 16.3 Å². The number of aryl methyl sites for hydroxylation is 1. The molecule has 22 heavy (non-hydrogen) atoms. The highest BCUT2D eigenvalue weighted by molar-refractivity contribution is 7.09. The summed E-state index contributed by atoms with van der Waals surface area (Å²) in [4.78, 5) is 16.3. The highest BCUT2D eigenvalue weighted by atomic mass is 32.1. The van der Waals surface area contributed by atoms with E-state index in [2.05, 4.69) is 10.3 Å². The summed E-state index contributed by atoms with van der Waals surface area (Å²) in [7, 11) is 3.17. The number of carbonyl (C=O) groups is 1. The van der Waals surface area contributed by atoms with Crippen LogP contribution in [0.5, 0.6) is 11.5 Å². The van der Waals surface area contributed by atoms with Gasteiger partial charge in [-0.25, -0.2) is 4.98 Å². The number of amides is 1. The smallest absolute Gasteiger partial charge is 0.224 e. The number of carbonyl (C=O) groups excluding carboxylic acids is 1. The van der Waals surface area contributed by atoms with Gasteiger partial charge in [0.25, 0.3) is 0 Å². The molecule has 2 aromatic rings. The summed E-state index contributed by atoms with van der Waals surface area (Å²) in [5, 5.41) is 5.98. The molecule has 0 saturated heterocycles. The average molecular weight is 320 g/mol. The van der Waals surface area contributed by atoms with Crippen LogP contribution in [0, 0.1) is 6.92 Å². The van der Waals surface area contributed by atoms with Gasteiger partial charge in [0.15, 0.2) is 11.5 Å². The molecule has 0 aliphatic heterocycles. The molecule has 0 fully saturated rings. The summed E-state index contributed by atoms with van der Waals surface area (Å²) in [5.74, 6) is 1.27. The maximum atomic E-state index is 12.0. The Morgan fingerprint density at radius 1 is 1.27 bits per heavy atom. The summed E-state index contributed by atoms with van der Waals surface area (Å²) in [6.07, 6.45) is 1.07. The molecule has 0 saturated carbocycles. The van der Waals surface area contributed by atoms with Gasteiger partial charge in [-0.2, -0.15) is 0 Å². The molecule has 0 radical (unpaired) electrons. The molecule has 1 heterocycles. The molecular weight excluding hydrogens is 300 g/mol.